The van der Waals surface area contributed by atoms with Crippen molar-refractivity contribution < 1.29 is 18.7 Å². The van der Waals surface area contributed by atoms with E-state index in [4.69, 9.17) is 13.9 Å². The van der Waals surface area contributed by atoms with E-state index in [0.717, 1.165) is 12.8 Å². The van der Waals surface area contributed by atoms with Crippen LogP contribution in [0.1, 0.15) is 18.7 Å². The second-order valence-electron chi connectivity index (χ2n) is 4.86. The molecule has 1 amide bonds. The third-order valence-corrected chi connectivity index (χ3v) is 4.32. The van der Waals surface area contributed by atoms with Crippen LogP contribution in [0.4, 0.5) is 0 Å². The van der Waals surface area contributed by atoms with E-state index in [1.54, 1.807) is 6.92 Å². The predicted molar refractivity (Wildman–Crippen MR) is 70.2 cm³/mol. The van der Waals surface area contributed by atoms with Crippen molar-refractivity contribution in [2.75, 3.05) is 32.1 Å². The fourth-order valence-corrected chi connectivity index (χ4v) is 3.14. The number of rotatable bonds is 3. The maximum absolute atomic E-state index is 12.1. The molecule has 2 aliphatic rings. The van der Waals surface area contributed by atoms with Gasteiger partial charge in [0.1, 0.15) is 0 Å². The molecule has 3 rings (SSSR count). The minimum Gasteiger partial charge on any atom is -0.416 e. The molecule has 0 atom stereocenters. The number of hydrogen-bond donors (Lipinski definition) is 0. The maximum atomic E-state index is 12.1. The lowest BCUT2D eigenvalue weighted by Crippen LogP contribution is -2.47. The predicted octanol–water partition coefficient (Wildman–Crippen LogP) is 0.836. The molecule has 7 nitrogen and oxygen atoms in total. The Balaban J connectivity index is 1.46. The molecule has 0 saturated carbocycles. The largest absolute Gasteiger partial charge is 0.416 e. The third kappa shape index (κ3) is 2.97. The number of hydrogen-bond acceptors (Lipinski definition) is 7. The summed E-state index contributed by atoms with van der Waals surface area (Å²) in [7, 11) is 0. The van der Waals surface area contributed by atoms with Gasteiger partial charge in [-0.3, -0.25) is 4.79 Å². The van der Waals surface area contributed by atoms with Gasteiger partial charge in [-0.25, -0.2) is 0 Å². The average molecular weight is 299 g/mol. The molecular formula is C12H17N3O4S. The van der Waals surface area contributed by atoms with Crippen LogP contribution >= 0.6 is 11.8 Å². The molecule has 0 aliphatic carbocycles. The molecule has 0 unspecified atom stereocenters. The summed E-state index contributed by atoms with van der Waals surface area (Å²) in [4.78, 5) is 14.0. The SMILES string of the molecule is Cc1nnc(SCC(=O)N2CCC3(CC2)OCCO3)o1. The number of aromatic nitrogens is 2. The Bertz CT molecular complexity index is 477. The van der Waals surface area contributed by atoms with Crippen molar-refractivity contribution in [1.82, 2.24) is 15.1 Å². The van der Waals surface area contributed by atoms with Crippen LogP contribution in [0.5, 0.6) is 0 Å². The Hall–Kier alpha value is -1.12. The van der Waals surface area contributed by atoms with Gasteiger partial charge in [0.2, 0.25) is 11.8 Å². The molecule has 0 aromatic carbocycles. The summed E-state index contributed by atoms with van der Waals surface area (Å²) in [5, 5.41) is 8.02. The van der Waals surface area contributed by atoms with Gasteiger partial charge in [-0.15, -0.1) is 10.2 Å². The highest BCUT2D eigenvalue weighted by atomic mass is 32.2. The topological polar surface area (TPSA) is 77.7 Å². The van der Waals surface area contributed by atoms with Crippen LogP contribution in [0, 0.1) is 6.92 Å². The first-order chi connectivity index (χ1) is 9.67. The highest BCUT2D eigenvalue weighted by Crippen LogP contribution is 2.31. The van der Waals surface area contributed by atoms with Crippen LogP contribution in [0.25, 0.3) is 0 Å². The van der Waals surface area contributed by atoms with Crippen molar-refractivity contribution in [3.63, 3.8) is 0 Å². The van der Waals surface area contributed by atoms with Crippen molar-refractivity contribution in [3.05, 3.63) is 5.89 Å². The molecule has 110 valence electrons. The van der Waals surface area contributed by atoms with E-state index in [1.807, 2.05) is 4.90 Å². The molecule has 1 spiro atoms. The molecule has 20 heavy (non-hydrogen) atoms. The van der Waals surface area contributed by atoms with Gasteiger partial charge < -0.3 is 18.8 Å². The summed E-state index contributed by atoms with van der Waals surface area (Å²) < 4.78 is 16.5. The Morgan fingerprint density at radius 1 is 1.30 bits per heavy atom. The molecule has 0 bridgehead atoms. The molecule has 1 aromatic rings. The minimum absolute atomic E-state index is 0.0821. The number of piperidine rings is 1. The Morgan fingerprint density at radius 3 is 2.60 bits per heavy atom. The summed E-state index contributed by atoms with van der Waals surface area (Å²) in [5.41, 5.74) is 0. The first-order valence-corrected chi connectivity index (χ1v) is 7.64. The maximum Gasteiger partial charge on any atom is 0.277 e. The van der Waals surface area contributed by atoms with Crippen LogP contribution < -0.4 is 0 Å². The number of amides is 1. The normalized spacial score (nSPS) is 21.6. The zero-order valence-corrected chi connectivity index (χ0v) is 12.1. The molecule has 2 saturated heterocycles. The van der Waals surface area contributed by atoms with E-state index in [9.17, 15) is 4.79 Å². The van der Waals surface area contributed by atoms with E-state index < -0.39 is 5.79 Å². The molecule has 0 radical (unpaired) electrons. The quantitative estimate of drug-likeness (QED) is 0.765. The summed E-state index contributed by atoms with van der Waals surface area (Å²) in [6, 6.07) is 0. The van der Waals surface area contributed by atoms with Gasteiger partial charge in [0.25, 0.3) is 5.22 Å². The van der Waals surface area contributed by atoms with E-state index >= 15 is 0 Å². The van der Waals surface area contributed by atoms with Crippen molar-refractivity contribution in [2.45, 2.75) is 30.8 Å². The molecule has 3 heterocycles. The number of thioether (sulfide) groups is 1. The Morgan fingerprint density at radius 2 is 2.00 bits per heavy atom. The zero-order valence-electron chi connectivity index (χ0n) is 11.3. The van der Waals surface area contributed by atoms with Gasteiger partial charge in [0, 0.05) is 32.9 Å². The smallest absolute Gasteiger partial charge is 0.277 e. The van der Waals surface area contributed by atoms with Gasteiger partial charge >= 0.3 is 0 Å². The van der Waals surface area contributed by atoms with Gasteiger partial charge in [-0.2, -0.15) is 0 Å². The number of likely N-dealkylation sites (tertiary alicyclic amines) is 1. The second-order valence-corrected chi connectivity index (χ2v) is 5.79. The highest BCUT2D eigenvalue weighted by Gasteiger charge is 2.40. The summed E-state index contributed by atoms with van der Waals surface area (Å²) >= 11 is 1.27. The number of carbonyl (C=O) groups is 1. The van der Waals surface area contributed by atoms with Crippen LogP contribution in [0.3, 0.4) is 0 Å². The average Bonchev–Trinajstić information content (AvgIpc) is 3.07. The molecule has 2 fully saturated rings. The van der Waals surface area contributed by atoms with Crippen LogP contribution in [0.2, 0.25) is 0 Å². The van der Waals surface area contributed by atoms with E-state index in [1.165, 1.54) is 11.8 Å². The van der Waals surface area contributed by atoms with Crippen LogP contribution in [0.15, 0.2) is 9.64 Å². The monoisotopic (exact) mass is 299 g/mol. The lowest BCUT2D eigenvalue weighted by atomic mass is 10.0. The van der Waals surface area contributed by atoms with Gasteiger partial charge in [0.05, 0.1) is 19.0 Å². The first-order valence-electron chi connectivity index (χ1n) is 6.65. The van der Waals surface area contributed by atoms with E-state index in [-0.39, 0.29) is 5.91 Å². The highest BCUT2D eigenvalue weighted by molar-refractivity contribution is 7.99. The number of carbonyl (C=O) groups excluding carboxylic acids is 1. The zero-order chi connectivity index (χ0) is 14.0. The van der Waals surface area contributed by atoms with Crippen molar-refractivity contribution in [1.29, 1.82) is 0 Å². The van der Waals surface area contributed by atoms with Crippen molar-refractivity contribution >= 4 is 17.7 Å². The minimum atomic E-state index is -0.437. The summed E-state index contributed by atoms with van der Waals surface area (Å²) in [6.07, 6.45) is 1.48. The molecule has 8 heteroatoms. The van der Waals surface area contributed by atoms with Crippen molar-refractivity contribution in [2.24, 2.45) is 0 Å². The first kappa shape index (κ1) is 13.8. The summed E-state index contributed by atoms with van der Waals surface area (Å²) in [5.74, 6) is 0.471. The van der Waals surface area contributed by atoms with Gasteiger partial charge in [0.15, 0.2) is 5.79 Å². The number of ether oxygens (including phenoxy) is 2. The molecule has 2 aliphatic heterocycles. The lowest BCUT2D eigenvalue weighted by molar-refractivity contribution is -0.186. The van der Waals surface area contributed by atoms with Gasteiger partial charge in [-0.05, 0) is 0 Å². The number of aryl methyl sites for hydroxylation is 1. The second kappa shape index (κ2) is 5.71. The molecule has 1 aromatic heterocycles. The molecular weight excluding hydrogens is 282 g/mol. The Kier molecular flexibility index (Phi) is 3.95. The van der Waals surface area contributed by atoms with E-state index in [0.29, 0.717) is 43.2 Å². The third-order valence-electron chi connectivity index (χ3n) is 3.52. The van der Waals surface area contributed by atoms with Crippen molar-refractivity contribution in [3.8, 4) is 0 Å². The van der Waals surface area contributed by atoms with Crippen LogP contribution in [-0.2, 0) is 14.3 Å². The Labute approximate surface area is 121 Å². The standard InChI is InChI=1S/C12H17N3O4S/c1-9-13-14-11(19-9)20-8-10(16)15-4-2-12(3-5-15)17-6-7-18-12/h2-8H2,1H3. The fraction of sp³-hybridized carbons (Fsp3) is 0.750. The van der Waals surface area contributed by atoms with Gasteiger partial charge in [-0.1, -0.05) is 11.8 Å². The number of nitrogens with zero attached hydrogens (tertiary/aromatic N) is 3. The lowest BCUT2D eigenvalue weighted by Gasteiger charge is -2.37. The van der Waals surface area contributed by atoms with E-state index in [2.05, 4.69) is 10.2 Å². The van der Waals surface area contributed by atoms with Crippen LogP contribution in [-0.4, -0.2) is 58.8 Å². The molecule has 0 N–H and O–H groups in total. The fourth-order valence-electron chi connectivity index (χ4n) is 2.43. The summed E-state index contributed by atoms with van der Waals surface area (Å²) in [6.45, 7) is 4.37.